The fraction of sp³-hybridized carbons (Fsp3) is 0.462. The second kappa shape index (κ2) is 4.47. The van der Waals surface area contributed by atoms with Crippen LogP contribution in [-0.2, 0) is 4.79 Å². The maximum Gasteiger partial charge on any atom is 0.317 e. The highest BCUT2D eigenvalue weighted by Crippen LogP contribution is 2.28. The molecule has 1 aromatic carbocycles. The number of hydrogen-bond donors (Lipinski definition) is 0. The molecule has 0 unspecified atom stereocenters. The van der Waals surface area contributed by atoms with Gasteiger partial charge in [-0.2, -0.15) is 0 Å². The number of hydrogen-bond acceptors (Lipinski definition) is 2. The van der Waals surface area contributed by atoms with Crippen LogP contribution in [0.5, 0.6) is 5.75 Å². The average molecular weight is 206 g/mol. The minimum Gasteiger partial charge on any atom is -0.426 e. The van der Waals surface area contributed by atoms with Crippen molar-refractivity contribution in [2.45, 2.75) is 27.7 Å². The molecule has 0 spiro atoms. The summed E-state index contributed by atoms with van der Waals surface area (Å²) in [4.78, 5) is 11.9. The van der Waals surface area contributed by atoms with Gasteiger partial charge in [-0.3, -0.25) is 4.79 Å². The van der Waals surface area contributed by atoms with E-state index in [0.717, 1.165) is 0 Å². The van der Waals surface area contributed by atoms with Crippen molar-refractivity contribution in [3.63, 3.8) is 0 Å². The Kier molecular flexibility index (Phi) is 3.51. The van der Waals surface area contributed by atoms with E-state index in [0.29, 0.717) is 5.75 Å². The molecule has 15 heavy (non-hydrogen) atoms. The lowest BCUT2D eigenvalue weighted by molar-refractivity contribution is -0.146. The molecule has 0 N–H and O–H groups in total. The van der Waals surface area contributed by atoms with Crippen LogP contribution in [0.1, 0.15) is 27.7 Å². The zero-order valence-electron chi connectivity index (χ0n) is 9.78. The molecule has 0 radical (unpaired) electrons. The monoisotopic (exact) mass is 206 g/mol. The van der Waals surface area contributed by atoms with Crippen LogP contribution in [0.3, 0.4) is 0 Å². The summed E-state index contributed by atoms with van der Waals surface area (Å²) >= 11 is 0. The standard InChI is InChI=1S/C13H18O2/c1-10(2)13(3,4)12(14)15-11-8-6-5-7-9-11/h5-10H,1-4H3. The lowest BCUT2D eigenvalue weighted by Crippen LogP contribution is -2.33. The Morgan fingerprint density at radius 1 is 1.20 bits per heavy atom. The summed E-state index contributed by atoms with van der Waals surface area (Å²) < 4.78 is 5.30. The summed E-state index contributed by atoms with van der Waals surface area (Å²) in [6, 6.07) is 9.17. The first kappa shape index (κ1) is 11.8. The smallest absolute Gasteiger partial charge is 0.317 e. The molecule has 0 aromatic heterocycles. The average Bonchev–Trinajstić information content (AvgIpc) is 2.18. The molecule has 2 nitrogen and oxygen atoms in total. The van der Waals surface area contributed by atoms with E-state index in [-0.39, 0.29) is 11.9 Å². The highest BCUT2D eigenvalue weighted by Gasteiger charge is 2.33. The van der Waals surface area contributed by atoms with E-state index in [1.54, 1.807) is 12.1 Å². The van der Waals surface area contributed by atoms with Gasteiger partial charge in [0.25, 0.3) is 0 Å². The van der Waals surface area contributed by atoms with Crippen molar-refractivity contribution >= 4 is 5.97 Å². The van der Waals surface area contributed by atoms with Crippen LogP contribution in [0.2, 0.25) is 0 Å². The molecule has 0 bridgehead atoms. The van der Waals surface area contributed by atoms with Crippen molar-refractivity contribution in [2.75, 3.05) is 0 Å². The van der Waals surface area contributed by atoms with Crippen LogP contribution in [0, 0.1) is 11.3 Å². The van der Waals surface area contributed by atoms with E-state index < -0.39 is 5.41 Å². The largest absolute Gasteiger partial charge is 0.426 e. The van der Waals surface area contributed by atoms with E-state index in [2.05, 4.69) is 0 Å². The molecule has 0 saturated heterocycles. The van der Waals surface area contributed by atoms with Crippen LogP contribution in [0.25, 0.3) is 0 Å². The third-order valence-corrected chi connectivity index (χ3v) is 2.92. The zero-order chi connectivity index (χ0) is 11.5. The molecule has 0 atom stereocenters. The van der Waals surface area contributed by atoms with Crippen molar-refractivity contribution in [3.05, 3.63) is 30.3 Å². The van der Waals surface area contributed by atoms with E-state index >= 15 is 0 Å². The third-order valence-electron chi connectivity index (χ3n) is 2.92. The van der Waals surface area contributed by atoms with Crippen LogP contribution >= 0.6 is 0 Å². The molecular formula is C13H18O2. The van der Waals surface area contributed by atoms with Crippen LogP contribution in [0.4, 0.5) is 0 Å². The predicted octanol–water partition coefficient (Wildman–Crippen LogP) is 3.27. The molecule has 0 amide bonds. The van der Waals surface area contributed by atoms with Crippen molar-refractivity contribution in [1.82, 2.24) is 0 Å². The Morgan fingerprint density at radius 3 is 2.20 bits per heavy atom. The van der Waals surface area contributed by atoms with E-state index in [1.165, 1.54) is 0 Å². The van der Waals surface area contributed by atoms with Crippen LogP contribution < -0.4 is 4.74 Å². The SMILES string of the molecule is CC(C)C(C)(C)C(=O)Oc1ccccc1. The van der Waals surface area contributed by atoms with Gasteiger partial charge in [0.2, 0.25) is 0 Å². The third kappa shape index (κ3) is 2.82. The number of esters is 1. The molecule has 0 aliphatic carbocycles. The number of ether oxygens (including phenoxy) is 1. The number of carbonyl (C=O) groups is 1. The summed E-state index contributed by atoms with van der Waals surface area (Å²) in [6.07, 6.45) is 0. The van der Waals surface area contributed by atoms with Gasteiger partial charge < -0.3 is 4.74 Å². The second-order valence-electron chi connectivity index (χ2n) is 4.58. The van der Waals surface area contributed by atoms with Crippen molar-refractivity contribution in [2.24, 2.45) is 11.3 Å². The molecule has 82 valence electrons. The summed E-state index contributed by atoms with van der Waals surface area (Å²) in [7, 11) is 0. The van der Waals surface area contributed by atoms with Crippen molar-refractivity contribution in [3.8, 4) is 5.75 Å². The summed E-state index contributed by atoms with van der Waals surface area (Å²) in [5, 5.41) is 0. The van der Waals surface area contributed by atoms with Gasteiger partial charge in [-0.1, -0.05) is 32.0 Å². The fourth-order valence-electron chi connectivity index (χ4n) is 0.963. The van der Waals surface area contributed by atoms with Gasteiger partial charge in [0.05, 0.1) is 5.41 Å². The molecule has 1 rings (SSSR count). The number of rotatable bonds is 3. The first-order valence-electron chi connectivity index (χ1n) is 5.22. The molecular weight excluding hydrogens is 188 g/mol. The molecule has 0 aliphatic heterocycles. The first-order chi connectivity index (χ1) is 6.94. The zero-order valence-corrected chi connectivity index (χ0v) is 9.78. The Labute approximate surface area is 91.3 Å². The van der Waals surface area contributed by atoms with Gasteiger partial charge in [0.15, 0.2) is 0 Å². The Balaban J connectivity index is 2.72. The first-order valence-corrected chi connectivity index (χ1v) is 5.22. The fourth-order valence-corrected chi connectivity index (χ4v) is 0.963. The van der Waals surface area contributed by atoms with Gasteiger partial charge in [-0.05, 0) is 31.9 Å². The summed E-state index contributed by atoms with van der Waals surface area (Å²) in [6.45, 7) is 7.85. The van der Waals surface area contributed by atoms with E-state index in [1.807, 2.05) is 45.9 Å². The predicted molar refractivity (Wildman–Crippen MR) is 60.7 cm³/mol. The number of carbonyl (C=O) groups excluding carboxylic acids is 1. The Morgan fingerprint density at radius 2 is 1.73 bits per heavy atom. The lowest BCUT2D eigenvalue weighted by Gasteiger charge is -2.26. The molecule has 0 aliphatic rings. The second-order valence-corrected chi connectivity index (χ2v) is 4.58. The highest BCUT2D eigenvalue weighted by atomic mass is 16.5. The Bertz CT molecular complexity index is 326. The van der Waals surface area contributed by atoms with Crippen LogP contribution in [-0.4, -0.2) is 5.97 Å². The summed E-state index contributed by atoms with van der Waals surface area (Å²) in [5.74, 6) is 0.689. The topological polar surface area (TPSA) is 26.3 Å². The molecule has 0 saturated carbocycles. The minimum absolute atomic E-state index is 0.177. The van der Waals surface area contributed by atoms with Crippen molar-refractivity contribution < 1.29 is 9.53 Å². The Hall–Kier alpha value is -1.31. The van der Waals surface area contributed by atoms with E-state index in [9.17, 15) is 4.79 Å². The van der Waals surface area contributed by atoms with Gasteiger partial charge >= 0.3 is 5.97 Å². The number of para-hydroxylation sites is 1. The quantitative estimate of drug-likeness (QED) is 0.560. The van der Waals surface area contributed by atoms with E-state index in [4.69, 9.17) is 4.74 Å². The number of benzene rings is 1. The normalized spacial score (nSPS) is 11.5. The maximum absolute atomic E-state index is 11.9. The molecule has 0 heterocycles. The van der Waals surface area contributed by atoms with Gasteiger partial charge in [-0.15, -0.1) is 0 Å². The lowest BCUT2D eigenvalue weighted by atomic mass is 9.81. The van der Waals surface area contributed by atoms with Crippen molar-refractivity contribution in [1.29, 1.82) is 0 Å². The van der Waals surface area contributed by atoms with Gasteiger partial charge in [0, 0.05) is 0 Å². The van der Waals surface area contributed by atoms with Crippen LogP contribution in [0.15, 0.2) is 30.3 Å². The highest BCUT2D eigenvalue weighted by molar-refractivity contribution is 5.78. The van der Waals surface area contributed by atoms with Gasteiger partial charge in [0.1, 0.15) is 5.75 Å². The molecule has 0 fully saturated rings. The summed E-state index contributed by atoms with van der Waals surface area (Å²) in [5.41, 5.74) is -0.449. The molecule has 2 heteroatoms. The maximum atomic E-state index is 11.9. The molecule has 1 aromatic rings. The minimum atomic E-state index is -0.449. The van der Waals surface area contributed by atoms with Gasteiger partial charge in [-0.25, -0.2) is 0 Å².